The van der Waals surface area contributed by atoms with Crippen molar-refractivity contribution in [1.82, 2.24) is 4.98 Å². The average molecular weight is 445 g/mol. The summed E-state index contributed by atoms with van der Waals surface area (Å²) in [4.78, 5) is 33.1. The van der Waals surface area contributed by atoms with E-state index < -0.39 is 18.4 Å². The van der Waals surface area contributed by atoms with Gasteiger partial charge in [-0.25, -0.2) is 9.78 Å². The second kappa shape index (κ2) is 8.65. The molecule has 0 fully saturated rings. The summed E-state index contributed by atoms with van der Waals surface area (Å²) in [6, 6.07) is 17.4. The van der Waals surface area contributed by atoms with Crippen molar-refractivity contribution in [3.8, 4) is 16.6 Å². The van der Waals surface area contributed by atoms with Gasteiger partial charge in [0, 0.05) is 25.0 Å². The molecule has 0 saturated heterocycles. The fourth-order valence-corrected chi connectivity index (χ4v) is 4.33. The number of ketones is 1. The molecule has 2 aromatic carbocycles. The van der Waals surface area contributed by atoms with Gasteiger partial charge < -0.3 is 14.5 Å². The molecule has 160 valence electrons. The molecule has 0 unspecified atom stereocenters. The third-order valence-corrected chi connectivity index (χ3v) is 6.09. The lowest BCUT2D eigenvalue weighted by atomic mass is 10.2. The smallest absolute Gasteiger partial charge is 0.358 e. The highest BCUT2D eigenvalue weighted by molar-refractivity contribution is 7.13. The summed E-state index contributed by atoms with van der Waals surface area (Å²) >= 11 is 1.32. The van der Waals surface area contributed by atoms with Gasteiger partial charge in [-0.2, -0.15) is 5.26 Å². The molecule has 2 heterocycles. The van der Waals surface area contributed by atoms with Crippen LogP contribution in [-0.2, 0) is 9.53 Å². The van der Waals surface area contributed by atoms with Crippen molar-refractivity contribution in [3.05, 3.63) is 76.6 Å². The lowest BCUT2D eigenvalue weighted by Crippen LogP contribution is -2.27. The molecular formula is C24H20N4O3S. The highest BCUT2D eigenvalue weighted by Crippen LogP contribution is 2.40. The van der Waals surface area contributed by atoms with Gasteiger partial charge >= 0.3 is 5.97 Å². The number of anilines is 2. The van der Waals surface area contributed by atoms with Gasteiger partial charge in [0.1, 0.15) is 22.5 Å². The van der Waals surface area contributed by atoms with Crippen LogP contribution in [0.2, 0.25) is 0 Å². The minimum Gasteiger partial charge on any atom is -0.453 e. The first-order valence-corrected chi connectivity index (χ1v) is 10.7. The fraction of sp³-hybridized carbons (Fsp3) is 0.167. The van der Waals surface area contributed by atoms with E-state index in [1.54, 1.807) is 29.3 Å². The Labute approximate surface area is 189 Å². The molecule has 0 N–H and O–H groups in total. The number of rotatable bonds is 5. The van der Waals surface area contributed by atoms with Crippen LogP contribution < -0.4 is 9.80 Å². The molecule has 8 heteroatoms. The Hall–Kier alpha value is -3.96. The Morgan fingerprint density at radius 2 is 1.69 bits per heavy atom. The van der Waals surface area contributed by atoms with Gasteiger partial charge in [-0.15, -0.1) is 11.3 Å². The molecule has 32 heavy (non-hydrogen) atoms. The lowest BCUT2D eigenvalue weighted by molar-refractivity contribution is -0.118. The average Bonchev–Trinajstić information content (AvgIpc) is 3.39. The number of nitrogens with zero attached hydrogens (tertiary/aromatic N) is 4. The fourth-order valence-electron chi connectivity index (χ4n) is 3.53. The molecule has 0 amide bonds. The molecule has 4 rings (SSSR count). The second-order valence-electron chi connectivity index (χ2n) is 7.32. The summed E-state index contributed by atoms with van der Waals surface area (Å²) in [5.41, 5.74) is 3.86. The standard InChI is InChI=1S/C24H20N4O3S/c1-15-8-10-16(11-9-15)22-26-18(14-32-22)24(30)31-13-21(29)17(12-25)23-27(2)19-6-4-5-7-20(19)28(23)3/h4-11,14H,13H2,1-3H3. The van der Waals surface area contributed by atoms with E-state index in [2.05, 4.69) is 4.98 Å². The normalized spacial score (nSPS) is 12.4. The summed E-state index contributed by atoms with van der Waals surface area (Å²) < 4.78 is 5.18. The maximum atomic E-state index is 12.8. The lowest BCUT2D eigenvalue weighted by Gasteiger charge is -2.19. The number of carbonyl (C=O) groups is 2. The summed E-state index contributed by atoms with van der Waals surface area (Å²) in [5, 5.41) is 12.0. The molecular weight excluding hydrogens is 424 g/mol. The van der Waals surface area contributed by atoms with E-state index in [0.29, 0.717) is 10.8 Å². The Balaban J connectivity index is 1.48. The number of aryl methyl sites for hydroxylation is 1. The number of fused-ring (bicyclic) bond motifs is 1. The Morgan fingerprint density at radius 3 is 2.28 bits per heavy atom. The van der Waals surface area contributed by atoms with E-state index in [-0.39, 0.29) is 11.3 Å². The molecule has 1 aliphatic rings. The van der Waals surface area contributed by atoms with E-state index in [1.807, 2.05) is 61.5 Å². The van der Waals surface area contributed by atoms with E-state index in [0.717, 1.165) is 22.5 Å². The molecule has 7 nitrogen and oxygen atoms in total. The quantitative estimate of drug-likeness (QED) is 0.332. The number of para-hydroxylation sites is 2. The monoisotopic (exact) mass is 444 g/mol. The first kappa shape index (κ1) is 21.3. The van der Waals surface area contributed by atoms with E-state index >= 15 is 0 Å². The van der Waals surface area contributed by atoms with E-state index in [4.69, 9.17) is 4.74 Å². The predicted molar refractivity (Wildman–Crippen MR) is 123 cm³/mol. The van der Waals surface area contributed by atoms with Gasteiger partial charge in [-0.3, -0.25) is 4.79 Å². The summed E-state index contributed by atoms with van der Waals surface area (Å²) in [7, 11) is 3.58. The summed E-state index contributed by atoms with van der Waals surface area (Å²) in [5.74, 6) is -0.826. The molecule has 0 spiro atoms. The largest absolute Gasteiger partial charge is 0.453 e. The molecule has 0 aliphatic carbocycles. The molecule has 1 aromatic heterocycles. The van der Waals surface area contributed by atoms with Crippen molar-refractivity contribution in [3.63, 3.8) is 0 Å². The maximum Gasteiger partial charge on any atom is 0.358 e. The zero-order valence-electron chi connectivity index (χ0n) is 17.8. The zero-order chi connectivity index (χ0) is 22.8. The van der Waals surface area contributed by atoms with Gasteiger partial charge in [0.2, 0.25) is 5.78 Å². The van der Waals surface area contributed by atoms with Gasteiger partial charge in [-0.1, -0.05) is 42.0 Å². The highest BCUT2D eigenvalue weighted by Gasteiger charge is 2.31. The van der Waals surface area contributed by atoms with Crippen molar-refractivity contribution in [1.29, 1.82) is 5.26 Å². The number of benzene rings is 2. The number of aromatic nitrogens is 1. The van der Waals surface area contributed by atoms with Gasteiger partial charge in [-0.05, 0) is 19.1 Å². The van der Waals surface area contributed by atoms with Crippen LogP contribution in [0.4, 0.5) is 11.4 Å². The Kier molecular flexibility index (Phi) is 5.75. The van der Waals surface area contributed by atoms with Crippen LogP contribution >= 0.6 is 11.3 Å². The number of Topliss-reactive ketones (excluding diaryl/α,β-unsaturated/α-hetero) is 1. The molecule has 3 aromatic rings. The summed E-state index contributed by atoms with van der Waals surface area (Å²) in [6.45, 7) is 1.46. The van der Waals surface area contributed by atoms with Crippen molar-refractivity contribution in [2.45, 2.75) is 6.92 Å². The third-order valence-electron chi connectivity index (χ3n) is 5.20. The highest BCUT2D eigenvalue weighted by atomic mass is 32.1. The number of ether oxygens (including phenoxy) is 1. The predicted octanol–water partition coefficient (Wildman–Crippen LogP) is 4.17. The van der Waals surface area contributed by atoms with Gasteiger partial charge in [0.15, 0.2) is 12.3 Å². The SMILES string of the molecule is Cc1ccc(-c2nc(C(=O)OCC(=O)C(C#N)=C3N(C)c4ccccc4N3C)cs2)cc1. The Morgan fingerprint density at radius 1 is 1.06 bits per heavy atom. The van der Waals surface area contributed by atoms with Crippen molar-refractivity contribution in [2.75, 3.05) is 30.5 Å². The van der Waals surface area contributed by atoms with Gasteiger partial charge in [0.05, 0.1) is 11.4 Å². The van der Waals surface area contributed by atoms with Crippen LogP contribution in [0, 0.1) is 18.3 Å². The molecule has 0 bridgehead atoms. The van der Waals surface area contributed by atoms with Crippen LogP contribution in [-0.4, -0.2) is 37.4 Å². The number of esters is 1. The minimum atomic E-state index is -0.702. The van der Waals surface area contributed by atoms with Crippen LogP contribution in [0.3, 0.4) is 0 Å². The summed E-state index contributed by atoms with van der Waals surface area (Å²) in [6.07, 6.45) is 0. The third kappa shape index (κ3) is 3.86. The first-order valence-electron chi connectivity index (χ1n) is 9.84. The Bertz CT molecular complexity index is 1240. The molecule has 0 radical (unpaired) electrons. The number of hydrogen-bond donors (Lipinski definition) is 0. The van der Waals surface area contributed by atoms with Crippen LogP contribution in [0.5, 0.6) is 0 Å². The second-order valence-corrected chi connectivity index (χ2v) is 8.18. The van der Waals surface area contributed by atoms with Crippen molar-refractivity contribution in [2.24, 2.45) is 0 Å². The van der Waals surface area contributed by atoms with Crippen molar-refractivity contribution >= 4 is 34.5 Å². The zero-order valence-corrected chi connectivity index (χ0v) is 18.6. The number of hydrogen-bond acceptors (Lipinski definition) is 8. The molecule has 1 aliphatic heterocycles. The van der Waals surface area contributed by atoms with Crippen LogP contribution in [0.25, 0.3) is 10.6 Å². The van der Waals surface area contributed by atoms with Crippen LogP contribution in [0.15, 0.2) is 65.3 Å². The van der Waals surface area contributed by atoms with E-state index in [9.17, 15) is 14.9 Å². The molecule has 0 saturated carbocycles. The maximum absolute atomic E-state index is 12.8. The van der Waals surface area contributed by atoms with Gasteiger partial charge in [0.25, 0.3) is 0 Å². The number of thiazole rings is 1. The first-order chi connectivity index (χ1) is 15.4. The molecule has 0 atom stereocenters. The topological polar surface area (TPSA) is 86.5 Å². The number of nitriles is 1. The minimum absolute atomic E-state index is 0.0716. The van der Waals surface area contributed by atoms with Crippen molar-refractivity contribution < 1.29 is 14.3 Å². The van der Waals surface area contributed by atoms with E-state index in [1.165, 1.54) is 11.3 Å². The number of carbonyl (C=O) groups excluding carboxylic acids is 2. The van der Waals surface area contributed by atoms with Crippen LogP contribution in [0.1, 0.15) is 16.1 Å².